The molecule has 1 aliphatic rings. The molecule has 0 saturated carbocycles. The van der Waals surface area contributed by atoms with Crippen molar-refractivity contribution in [3.8, 4) is 11.6 Å². The number of hydrogen-bond donors (Lipinski definition) is 0. The van der Waals surface area contributed by atoms with Crippen LogP contribution in [0.25, 0.3) is 0 Å². The standard InChI is InChI=1S/C21H20Cl2N4O3S/c1-15-24-20(14-21(25-15)30-17-5-3-2-4-6-17)26-9-11-27(12-10-26)31(28,29)19-13-16(22)7-8-18(19)23/h2-8,13-14H,9-12H2,1H3. The molecule has 0 amide bonds. The van der Waals surface area contributed by atoms with Gasteiger partial charge in [0.05, 0.1) is 5.02 Å². The lowest BCUT2D eigenvalue weighted by Crippen LogP contribution is -2.49. The first kappa shape index (κ1) is 21.8. The molecule has 3 aromatic rings. The molecule has 1 aliphatic heterocycles. The number of ether oxygens (including phenoxy) is 1. The van der Waals surface area contributed by atoms with Gasteiger partial charge in [0.25, 0.3) is 0 Å². The second-order valence-corrected chi connectivity index (χ2v) is 9.74. The minimum absolute atomic E-state index is 0.0199. The third-order valence-corrected chi connectivity index (χ3v) is 7.46. The number of aromatic nitrogens is 2. The molecule has 0 bridgehead atoms. The molecule has 1 saturated heterocycles. The summed E-state index contributed by atoms with van der Waals surface area (Å²) in [6.07, 6.45) is 0. The van der Waals surface area contributed by atoms with Crippen molar-refractivity contribution in [3.63, 3.8) is 0 Å². The van der Waals surface area contributed by atoms with Gasteiger partial charge in [0.15, 0.2) is 0 Å². The number of nitrogens with zero attached hydrogens (tertiary/aromatic N) is 4. The fourth-order valence-electron chi connectivity index (χ4n) is 3.32. The Labute approximate surface area is 191 Å². The van der Waals surface area contributed by atoms with E-state index in [1.165, 1.54) is 16.4 Å². The maximum absolute atomic E-state index is 13.0. The first-order valence-corrected chi connectivity index (χ1v) is 11.8. The molecule has 1 fully saturated rings. The fraction of sp³-hybridized carbons (Fsp3) is 0.238. The second-order valence-electron chi connectivity index (χ2n) is 6.99. The van der Waals surface area contributed by atoms with E-state index < -0.39 is 10.0 Å². The van der Waals surface area contributed by atoms with Crippen molar-refractivity contribution >= 4 is 39.0 Å². The molecule has 31 heavy (non-hydrogen) atoms. The highest BCUT2D eigenvalue weighted by molar-refractivity contribution is 7.89. The van der Waals surface area contributed by atoms with E-state index in [-0.39, 0.29) is 9.92 Å². The molecule has 0 aliphatic carbocycles. The monoisotopic (exact) mass is 478 g/mol. The molecule has 10 heteroatoms. The Morgan fingerprint density at radius 1 is 0.935 bits per heavy atom. The van der Waals surface area contributed by atoms with Crippen LogP contribution in [0.2, 0.25) is 10.0 Å². The van der Waals surface area contributed by atoms with Gasteiger partial charge in [-0.2, -0.15) is 9.29 Å². The van der Waals surface area contributed by atoms with Crippen molar-refractivity contribution in [1.29, 1.82) is 0 Å². The molecule has 2 heterocycles. The molecule has 4 rings (SSSR count). The third-order valence-electron chi connectivity index (χ3n) is 4.84. The van der Waals surface area contributed by atoms with Crippen molar-refractivity contribution in [1.82, 2.24) is 14.3 Å². The van der Waals surface area contributed by atoms with Crippen LogP contribution in [-0.2, 0) is 10.0 Å². The van der Waals surface area contributed by atoms with Crippen molar-refractivity contribution in [2.75, 3.05) is 31.1 Å². The summed E-state index contributed by atoms with van der Waals surface area (Å²) in [5.41, 5.74) is 0. The van der Waals surface area contributed by atoms with Gasteiger partial charge in [-0.15, -0.1) is 0 Å². The summed E-state index contributed by atoms with van der Waals surface area (Å²) in [7, 11) is -3.75. The molecule has 0 N–H and O–H groups in total. The van der Waals surface area contributed by atoms with Crippen molar-refractivity contribution in [2.45, 2.75) is 11.8 Å². The van der Waals surface area contributed by atoms with Gasteiger partial charge in [-0.25, -0.2) is 13.4 Å². The summed E-state index contributed by atoms with van der Waals surface area (Å²) in [5, 5.41) is 0.477. The minimum atomic E-state index is -3.75. The largest absolute Gasteiger partial charge is 0.439 e. The zero-order valence-corrected chi connectivity index (χ0v) is 19.0. The lowest BCUT2D eigenvalue weighted by Gasteiger charge is -2.34. The zero-order chi connectivity index (χ0) is 22.0. The van der Waals surface area contributed by atoms with E-state index in [2.05, 4.69) is 9.97 Å². The SMILES string of the molecule is Cc1nc(Oc2ccccc2)cc(N2CCN(S(=O)(=O)c3cc(Cl)ccc3Cl)CC2)n1. The van der Waals surface area contributed by atoms with Crippen LogP contribution in [0.3, 0.4) is 0 Å². The summed E-state index contributed by atoms with van der Waals surface area (Å²) in [6.45, 7) is 3.33. The van der Waals surface area contributed by atoms with Gasteiger partial charge in [-0.3, -0.25) is 0 Å². The molecule has 1 aromatic heterocycles. The van der Waals surface area contributed by atoms with Crippen LogP contribution in [0.5, 0.6) is 11.6 Å². The van der Waals surface area contributed by atoms with Crippen LogP contribution in [0, 0.1) is 6.92 Å². The van der Waals surface area contributed by atoms with Crippen LogP contribution in [0.4, 0.5) is 5.82 Å². The van der Waals surface area contributed by atoms with Crippen LogP contribution < -0.4 is 9.64 Å². The number of sulfonamides is 1. The maximum Gasteiger partial charge on any atom is 0.244 e. The highest BCUT2D eigenvalue weighted by Gasteiger charge is 2.31. The number of para-hydroxylation sites is 1. The van der Waals surface area contributed by atoms with Crippen LogP contribution >= 0.6 is 23.2 Å². The van der Waals surface area contributed by atoms with Crippen molar-refractivity contribution in [2.24, 2.45) is 0 Å². The number of piperazine rings is 1. The Kier molecular flexibility index (Phi) is 6.34. The molecule has 2 aromatic carbocycles. The molecule has 162 valence electrons. The van der Waals surface area contributed by atoms with Gasteiger partial charge in [0.2, 0.25) is 15.9 Å². The first-order chi connectivity index (χ1) is 14.8. The normalized spacial score (nSPS) is 15.1. The van der Waals surface area contributed by atoms with E-state index in [4.69, 9.17) is 27.9 Å². The van der Waals surface area contributed by atoms with Crippen LogP contribution in [0.1, 0.15) is 5.82 Å². The zero-order valence-electron chi connectivity index (χ0n) is 16.7. The molecule has 0 spiro atoms. The number of aryl methyl sites for hydroxylation is 1. The number of halogens is 2. The number of benzene rings is 2. The van der Waals surface area contributed by atoms with Crippen molar-refractivity contribution < 1.29 is 13.2 Å². The smallest absolute Gasteiger partial charge is 0.244 e. The number of anilines is 1. The van der Waals surface area contributed by atoms with Gasteiger partial charge in [-0.1, -0.05) is 41.4 Å². The number of rotatable bonds is 5. The second kappa shape index (κ2) is 9.00. The summed E-state index contributed by atoms with van der Waals surface area (Å²) in [5.74, 6) is 2.38. The van der Waals surface area contributed by atoms with E-state index in [1.54, 1.807) is 19.1 Å². The molecular formula is C21H20Cl2N4O3S. The summed E-state index contributed by atoms with van der Waals surface area (Å²) < 4.78 is 33.3. The van der Waals surface area contributed by atoms with Gasteiger partial charge in [0, 0.05) is 37.3 Å². The Balaban J connectivity index is 1.49. The highest BCUT2D eigenvalue weighted by Crippen LogP contribution is 2.29. The van der Waals surface area contributed by atoms with E-state index >= 15 is 0 Å². The van der Waals surface area contributed by atoms with Gasteiger partial charge in [-0.05, 0) is 37.3 Å². The van der Waals surface area contributed by atoms with E-state index in [0.29, 0.717) is 54.5 Å². The first-order valence-electron chi connectivity index (χ1n) is 9.62. The molecule has 7 nitrogen and oxygen atoms in total. The van der Waals surface area contributed by atoms with Gasteiger partial charge < -0.3 is 9.64 Å². The Morgan fingerprint density at radius 2 is 1.65 bits per heavy atom. The Morgan fingerprint density at radius 3 is 2.35 bits per heavy atom. The minimum Gasteiger partial charge on any atom is -0.439 e. The summed E-state index contributed by atoms with van der Waals surface area (Å²) in [4.78, 5) is 10.9. The van der Waals surface area contributed by atoms with Crippen LogP contribution in [-0.4, -0.2) is 48.9 Å². The Bertz CT molecular complexity index is 1180. The molecule has 0 radical (unpaired) electrons. The average Bonchev–Trinajstić information content (AvgIpc) is 2.76. The summed E-state index contributed by atoms with van der Waals surface area (Å²) in [6, 6.07) is 15.6. The molecule has 0 atom stereocenters. The maximum atomic E-state index is 13.0. The number of hydrogen-bond acceptors (Lipinski definition) is 6. The lowest BCUT2D eigenvalue weighted by molar-refractivity contribution is 0.383. The molecular weight excluding hydrogens is 459 g/mol. The average molecular weight is 479 g/mol. The lowest BCUT2D eigenvalue weighted by atomic mass is 10.3. The predicted octanol–water partition coefficient (Wildman–Crippen LogP) is 4.40. The Hall–Kier alpha value is -2.39. The quantitative estimate of drug-likeness (QED) is 0.540. The van der Waals surface area contributed by atoms with Crippen LogP contribution in [0.15, 0.2) is 59.5 Å². The van der Waals surface area contributed by atoms with Gasteiger partial charge in [0.1, 0.15) is 22.3 Å². The predicted molar refractivity (Wildman–Crippen MR) is 121 cm³/mol. The van der Waals surface area contributed by atoms with E-state index in [1.807, 2.05) is 35.2 Å². The third kappa shape index (κ3) is 4.93. The molecule has 0 unspecified atom stereocenters. The summed E-state index contributed by atoms with van der Waals surface area (Å²) >= 11 is 12.1. The topological polar surface area (TPSA) is 75.6 Å². The van der Waals surface area contributed by atoms with E-state index in [0.717, 1.165) is 0 Å². The highest BCUT2D eigenvalue weighted by atomic mass is 35.5. The van der Waals surface area contributed by atoms with E-state index in [9.17, 15) is 8.42 Å². The van der Waals surface area contributed by atoms with Crippen molar-refractivity contribution in [3.05, 3.63) is 70.5 Å². The fourth-order valence-corrected chi connectivity index (χ4v) is 5.48. The van der Waals surface area contributed by atoms with Gasteiger partial charge >= 0.3 is 0 Å².